The summed E-state index contributed by atoms with van der Waals surface area (Å²) in [5, 5.41) is 2.98. The van der Waals surface area contributed by atoms with Crippen LogP contribution in [0.2, 0.25) is 0 Å². The van der Waals surface area contributed by atoms with Gasteiger partial charge >= 0.3 is 0 Å². The molecular formula is C28H38N8O. The maximum absolute atomic E-state index is 12.6. The number of aryl methyl sites for hydroxylation is 1. The van der Waals surface area contributed by atoms with E-state index < -0.39 is 0 Å². The Morgan fingerprint density at radius 2 is 1.73 bits per heavy atom. The standard InChI is InChI=1S/C28H38N8O/c1-18(2)30-27(37)24-14-23(16-34(24)5)21-7-6-20-12-19(3)36(17-22(20)13-21)26-15-25(31-28(29)32-26)35-10-8-33(4)9-11-35/h6-7,13-16,18-19H,8-12,17H2,1-5H3,(H,30,37)(H2,29,31,32). The van der Waals surface area contributed by atoms with Gasteiger partial charge in [0.2, 0.25) is 5.95 Å². The second-order valence-electron chi connectivity index (χ2n) is 10.8. The topological polar surface area (TPSA) is 95.6 Å². The second-order valence-corrected chi connectivity index (χ2v) is 10.8. The molecule has 9 heteroatoms. The van der Waals surface area contributed by atoms with Crippen molar-refractivity contribution in [2.45, 2.75) is 45.8 Å². The van der Waals surface area contributed by atoms with Gasteiger partial charge in [0.1, 0.15) is 17.3 Å². The number of benzene rings is 1. The molecule has 1 fully saturated rings. The zero-order valence-electron chi connectivity index (χ0n) is 22.5. The molecule has 2 aliphatic heterocycles. The highest BCUT2D eigenvalue weighted by molar-refractivity contribution is 5.94. The van der Waals surface area contributed by atoms with E-state index in [9.17, 15) is 4.79 Å². The third kappa shape index (κ3) is 5.27. The maximum atomic E-state index is 12.6. The molecule has 2 aliphatic rings. The number of nitrogens with zero attached hydrogens (tertiary/aromatic N) is 6. The molecule has 196 valence electrons. The number of hydrogen-bond donors (Lipinski definition) is 2. The van der Waals surface area contributed by atoms with Crippen molar-refractivity contribution in [3.63, 3.8) is 0 Å². The lowest BCUT2D eigenvalue weighted by molar-refractivity contribution is 0.0935. The molecule has 1 saturated heterocycles. The number of nitrogens with two attached hydrogens (primary N) is 1. The van der Waals surface area contributed by atoms with Crippen molar-refractivity contribution in [2.24, 2.45) is 7.05 Å². The molecule has 0 saturated carbocycles. The lowest BCUT2D eigenvalue weighted by atomic mass is 9.92. The summed E-state index contributed by atoms with van der Waals surface area (Å²) in [5.41, 5.74) is 11.6. The Hall–Kier alpha value is -3.59. The fraction of sp³-hybridized carbons (Fsp3) is 0.464. The molecule has 2 aromatic heterocycles. The molecule has 9 nitrogen and oxygen atoms in total. The number of piperazine rings is 1. The highest BCUT2D eigenvalue weighted by atomic mass is 16.2. The molecule has 3 N–H and O–H groups in total. The summed E-state index contributed by atoms with van der Waals surface area (Å²) >= 11 is 0. The number of hydrogen-bond acceptors (Lipinski definition) is 7. The SMILES string of the molecule is CC(C)NC(=O)c1cc(-c2ccc3c(c2)CN(c2cc(N4CCN(C)CC4)nc(N)n2)C(C)C3)cn1C. The lowest BCUT2D eigenvalue weighted by Gasteiger charge is -2.37. The van der Waals surface area contributed by atoms with Gasteiger partial charge in [0.15, 0.2) is 0 Å². The zero-order valence-corrected chi connectivity index (χ0v) is 22.5. The number of carbonyl (C=O) groups excluding carboxylic acids is 1. The van der Waals surface area contributed by atoms with Crippen molar-refractivity contribution in [3.05, 3.63) is 53.3 Å². The van der Waals surface area contributed by atoms with E-state index in [1.165, 1.54) is 11.1 Å². The van der Waals surface area contributed by atoms with Crippen molar-refractivity contribution >= 4 is 23.5 Å². The van der Waals surface area contributed by atoms with Crippen LogP contribution in [-0.4, -0.2) is 70.7 Å². The first kappa shape index (κ1) is 25.1. The van der Waals surface area contributed by atoms with Crippen LogP contribution < -0.4 is 20.9 Å². The average molecular weight is 503 g/mol. The first-order valence-electron chi connectivity index (χ1n) is 13.1. The Morgan fingerprint density at radius 3 is 2.46 bits per heavy atom. The Labute approximate surface area is 219 Å². The summed E-state index contributed by atoms with van der Waals surface area (Å²) in [7, 11) is 4.06. The third-order valence-corrected chi connectivity index (χ3v) is 7.42. The highest BCUT2D eigenvalue weighted by Gasteiger charge is 2.26. The van der Waals surface area contributed by atoms with Crippen LogP contribution in [0, 0.1) is 0 Å². The van der Waals surface area contributed by atoms with Gasteiger partial charge in [-0.15, -0.1) is 0 Å². The predicted octanol–water partition coefficient (Wildman–Crippen LogP) is 2.91. The quantitative estimate of drug-likeness (QED) is 0.554. The minimum atomic E-state index is -0.0563. The molecule has 1 aromatic carbocycles. The Kier molecular flexibility index (Phi) is 6.81. The van der Waals surface area contributed by atoms with Crippen LogP contribution in [0.5, 0.6) is 0 Å². The summed E-state index contributed by atoms with van der Waals surface area (Å²) in [6.45, 7) is 10.8. The minimum absolute atomic E-state index is 0.0563. The average Bonchev–Trinajstić information content (AvgIpc) is 3.24. The van der Waals surface area contributed by atoms with Gasteiger partial charge in [0.05, 0.1) is 0 Å². The molecule has 5 rings (SSSR count). The number of carbonyl (C=O) groups is 1. The van der Waals surface area contributed by atoms with E-state index in [0.29, 0.717) is 11.6 Å². The second kappa shape index (κ2) is 10.0. The van der Waals surface area contributed by atoms with Crippen molar-refractivity contribution in [3.8, 4) is 11.1 Å². The van der Waals surface area contributed by atoms with Crippen LogP contribution >= 0.6 is 0 Å². The van der Waals surface area contributed by atoms with E-state index in [0.717, 1.165) is 61.9 Å². The summed E-state index contributed by atoms with van der Waals surface area (Å²) in [6.07, 6.45) is 2.95. The summed E-state index contributed by atoms with van der Waals surface area (Å²) in [6, 6.07) is 11.1. The van der Waals surface area contributed by atoms with E-state index in [1.807, 2.05) is 37.7 Å². The Morgan fingerprint density at radius 1 is 1.00 bits per heavy atom. The van der Waals surface area contributed by atoms with Crippen molar-refractivity contribution < 1.29 is 4.79 Å². The molecule has 0 bridgehead atoms. The van der Waals surface area contributed by atoms with Crippen LogP contribution in [0.15, 0.2) is 36.5 Å². The van der Waals surface area contributed by atoms with E-state index in [1.54, 1.807) is 0 Å². The number of fused-ring (bicyclic) bond motifs is 1. The minimum Gasteiger partial charge on any atom is -0.368 e. The molecule has 3 aromatic rings. The van der Waals surface area contributed by atoms with Crippen molar-refractivity contribution in [1.29, 1.82) is 0 Å². The monoisotopic (exact) mass is 502 g/mol. The number of rotatable bonds is 5. The third-order valence-electron chi connectivity index (χ3n) is 7.42. The fourth-order valence-electron chi connectivity index (χ4n) is 5.30. The largest absolute Gasteiger partial charge is 0.368 e. The van der Waals surface area contributed by atoms with Gasteiger partial charge in [0, 0.05) is 69.7 Å². The lowest BCUT2D eigenvalue weighted by Crippen LogP contribution is -2.45. The predicted molar refractivity (Wildman–Crippen MR) is 149 cm³/mol. The molecule has 0 radical (unpaired) electrons. The zero-order chi connectivity index (χ0) is 26.3. The first-order valence-corrected chi connectivity index (χ1v) is 13.1. The molecule has 0 aliphatic carbocycles. The van der Waals surface area contributed by atoms with Crippen molar-refractivity contribution in [1.82, 2.24) is 24.8 Å². The number of amides is 1. The summed E-state index contributed by atoms with van der Waals surface area (Å²) in [4.78, 5) is 28.8. The number of aromatic nitrogens is 3. The molecule has 1 unspecified atom stereocenters. The first-order chi connectivity index (χ1) is 17.7. The molecule has 1 amide bonds. The number of likely N-dealkylation sites (N-methyl/N-ethyl adjacent to an activating group) is 1. The molecule has 0 spiro atoms. The molecule has 4 heterocycles. The van der Waals surface area contributed by atoms with E-state index in [4.69, 9.17) is 5.73 Å². The number of nitrogens with one attached hydrogen (secondary N) is 1. The van der Waals surface area contributed by atoms with Crippen molar-refractivity contribution in [2.75, 3.05) is 48.8 Å². The van der Waals surface area contributed by atoms with E-state index in [-0.39, 0.29) is 18.0 Å². The van der Waals surface area contributed by atoms with Gasteiger partial charge in [-0.05, 0) is 63.1 Å². The summed E-state index contributed by atoms with van der Waals surface area (Å²) < 4.78 is 1.89. The number of anilines is 3. The van der Waals surface area contributed by atoms with Crippen LogP contribution in [0.4, 0.5) is 17.6 Å². The fourth-order valence-corrected chi connectivity index (χ4v) is 5.30. The van der Waals surface area contributed by atoms with Crippen LogP contribution in [0.25, 0.3) is 11.1 Å². The van der Waals surface area contributed by atoms with Crippen LogP contribution in [-0.2, 0) is 20.0 Å². The normalized spacial score (nSPS) is 18.3. The van der Waals surface area contributed by atoms with Gasteiger partial charge in [-0.2, -0.15) is 9.97 Å². The smallest absolute Gasteiger partial charge is 0.268 e. The highest BCUT2D eigenvalue weighted by Crippen LogP contribution is 2.33. The van der Waals surface area contributed by atoms with Gasteiger partial charge in [-0.3, -0.25) is 4.79 Å². The van der Waals surface area contributed by atoms with Gasteiger partial charge < -0.3 is 30.3 Å². The van der Waals surface area contributed by atoms with E-state index >= 15 is 0 Å². The van der Waals surface area contributed by atoms with Crippen LogP contribution in [0.1, 0.15) is 42.4 Å². The molecular weight excluding hydrogens is 464 g/mol. The van der Waals surface area contributed by atoms with Gasteiger partial charge in [-0.25, -0.2) is 0 Å². The Balaban J connectivity index is 1.41. The maximum Gasteiger partial charge on any atom is 0.268 e. The van der Waals surface area contributed by atoms with E-state index in [2.05, 4.69) is 68.2 Å². The van der Waals surface area contributed by atoms with Crippen LogP contribution in [0.3, 0.4) is 0 Å². The van der Waals surface area contributed by atoms with Gasteiger partial charge in [-0.1, -0.05) is 12.1 Å². The number of nitrogen functional groups attached to an aromatic ring is 1. The molecule has 37 heavy (non-hydrogen) atoms. The molecule has 1 atom stereocenters. The van der Waals surface area contributed by atoms with Gasteiger partial charge in [0.25, 0.3) is 5.91 Å². The Bertz CT molecular complexity index is 1290. The summed E-state index contributed by atoms with van der Waals surface area (Å²) in [5.74, 6) is 2.03.